The van der Waals surface area contributed by atoms with E-state index in [9.17, 15) is 35.9 Å². The smallest absolute Gasteiger partial charge is 0.416 e. The number of benzene rings is 3. The summed E-state index contributed by atoms with van der Waals surface area (Å²) < 4.78 is 80.4. The molecule has 0 aliphatic rings. The van der Waals surface area contributed by atoms with E-state index in [1.54, 1.807) is 37.3 Å². The number of aliphatic carboxylic acids is 1. The van der Waals surface area contributed by atoms with Gasteiger partial charge in [0.1, 0.15) is 0 Å². The Bertz CT molecular complexity index is 1560. The van der Waals surface area contributed by atoms with E-state index in [1.165, 1.54) is 29.1 Å². The van der Waals surface area contributed by atoms with Crippen molar-refractivity contribution >= 4 is 22.7 Å². The fraction of sp³-hybridized carbons (Fsp3) is 0.300. The Labute approximate surface area is 231 Å². The number of carbonyl (C=O) groups is 2. The monoisotopic (exact) mass is 576 g/mol. The van der Waals surface area contributed by atoms with E-state index in [-0.39, 0.29) is 31.5 Å². The molecule has 11 heteroatoms. The summed E-state index contributed by atoms with van der Waals surface area (Å²) in [4.78, 5) is 23.1. The van der Waals surface area contributed by atoms with Gasteiger partial charge in [-0.05, 0) is 66.3 Å². The van der Waals surface area contributed by atoms with E-state index in [4.69, 9.17) is 5.11 Å². The van der Waals surface area contributed by atoms with Gasteiger partial charge in [-0.15, -0.1) is 0 Å². The van der Waals surface area contributed by atoms with Crippen molar-refractivity contribution in [2.24, 2.45) is 0 Å². The van der Waals surface area contributed by atoms with Gasteiger partial charge in [0.15, 0.2) is 5.78 Å². The summed E-state index contributed by atoms with van der Waals surface area (Å²) in [5.74, 6) is -1.27. The lowest BCUT2D eigenvalue weighted by Crippen LogP contribution is -2.17. The summed E-state index contributed by atoms with van der Waals surface area (Å²) in [6, 6.07) is 13.9. The number of aromatic nitrogens is 2. The number of rotatable bonds is 10. The maximum atomic E-state index is 13.2. The van der Waals surface area contributed by atoms with Crippen LogP contribution < -0.4 is 0 Å². The molecule has 1 N–H and O–H groups in total. The molecule has 216 valence electrons. The number of hydrogen-bond donors (Lipinski definition) is 1. The van der Waals surface area contributed by atoms with Crippen LogP contribution in [0.1, 0.15) is 65.2 Å². The summed E-state index contributed by atoms with van der Waals surface area (Å²) in [7, 11) is 0. The normalized spacial score (nSPS) is 13.0. The molecule has 1 heterocycles. The first-order chi connectivity index (χ1) is 19.2. The molecular weight excluding hydrogens is 550 g/mol. The van der Waals surface area contributed by atoms with E-state index >= 15 is 0 Å². The van der Waals surface area contributed by atoms with Crippen molar-refractivity contribution in [1.82, 2.24) is 9.78 Å². The van der Waals surface area contributed by atoms with Crippen molar-refractivity contribution in [2.45, 2.75) is 57.4 Å². The van der Waals surface area contributed by atoms with E-state index in [2.05, 4.69) is 5.10 Å². The molecule has 1 atom stereocenters. The maximum absolute atomic E-state index is 13.2. The first kappa shape index (κ1) is 29.8. The number of aryl methyl sites for hydroxylation is 1. The van der Waals surface area contributed by atoms with Gasteiger partial charge in [0.05, 0.1) is 23.3 Å². The Hall–Kier alpha value is -4.15. The Morgan fingerprint density at radius 1 is 0.927 bits per heavy atom. The van der Waals surface area contributed by atoms with Crippen LogP contribution in [0.3, 0.4) is 0 Å². The third-order valence-electron chi connectivity index (χ3n) is 6.87. The summed E-state index contributed by atoms with van der Waals surface area (Å²) >= 11 is 0. The number of Topliss-reactive ketones (excluding diaryl/α,β-unsaturated/α-hetero) is 1. The first-order valence-electron chi connectivity index (χ1n) is 12.8. The number of hydrogen-bond acceptors (Lipinski definition) is 3. The second kappa shape index (κ2) is 11.8. The van der Waals surface area contributed by atoms with Crippen molar-refractivity contribution in [2.75, 3.05) is 0 Å². The van der Waals surface area contributed by atoms with Gasteiger partial charge in [0, 0.05) is 30.2 Å². The van der Waals surface area contributed by atoms with Crippen LogP contribution in [0.2, 0.25) is 0 Å². The van der Waals surface area contributed by atoms with Crippen LogP contribution in [-0.4, -0.2) is 32.8 Å². The first-order valence-corrected chi connectivity index (χ1v) is 12.8. The van der Waals surface area contributed by atoms with Gasteiger partial charge >= 0.3 is 18.3 Å². The number of ketones is 1. The van der Waals surface area contributed by atoms with Crippen LogP contribution in [0.5, 0.6) is 0 Å². The molecule has 0 amide bonds. The quantitative estimate of drug-likeness (QED) is 0.152. The summed E-state index contributed by atoms with van der Waals surface area (Å²) in [5, 5.41) is 13.7. The molecule has 0 fully saturated rings. The molecule has 0 bridgehead atoms. The van der Waals surface area contributed by atoms with Crippen LogP contribution in [0.15, 0.2) is 66.9 Å². The van der Waals surface area contributed by atoms with Gasteiger partial charge < -0.3 is 5.11 Å². The van der Waals surface area contributed by atoms with E-state index in [0.717, 1.165) is 12.1 Å². The summed E-state index contributed by atoms with van der Waals surface area (Å²) in [5.41, 5.74) is 2.27. The maximum Gasteiger partial charge on any atom is 0.416 e. The number of alkyl halides is 6. The third kappa shape index (κ3) is 7.33. The van der Waals surface area contributed by atoms with Crippen LogP contribution in [0.4, 0.5) is 26.3 Å². The van der Waals surface area contributed by atoms with Gasteiger partial charge in [-0.2, -0.15) is 31.4 Å². The van der Waals surface area contributed by atoms with Crippen molar-refractivity contribution in [3.63, 3.8) is 0 Å². The molecule has 1 unspecified atom stereocenters. The van der Waals surface area contributed by atoms with Gasteiger partial charge in [0.2, 0.25) is 0 Å². The van der Waals surface area contributed by atoms with E-state index in [0.29, 0.717) is 38.7 Å². The zero-order chi connectivity index (χ0) is 29.9. The van der Waals surface area contributed by atoms with Crippen LogP contribution in [0.25, 0.3) is 22.0 Å². The van der Waals surface area contributed by atoms with Crippen LogP contribution in [0, 0.1) is 6.92 Å². The summed E-state index contributed by atoms with van der Waals surface area (Å²) in [6.07, 6.45) is -8.69. The van der Waals surface area contributed by atoms with Gasteiger partial charge in [0.25, 0.3) is 0 Å². The van der Waals surface area contributed by atoms with Crippen molar-refractivity contribution in [3.8, 4) is 11.1 Å². The molecule has 0 aliphatic heterocycles. The highest BCUT2D eigenvalue weighted by Gasteiger charge is 2.31. The number of carbonyl (C=O) groups excluding carboxylic acids is 1. The number of carboxylic acid groups (broad SMARTS) is 1. The Morgan fingerprint density at radius 3 is 2.24 bits per heavy atom. The molecular formula is C30H26F6N2O3. The lowest BCUT2D eigenvalue weighted by Gasteiger charge is -2.21. The average Bonchev–Trinajstić information content (AvgIpc) is 3.30. The minimum Gasteiger partial charge on any atom is -0.481 e. The van der Waals surface area contributed by atoms with Gasteiger partial charge in [-0.3, -0.25) is 14.3 Å². The molecule has 1 aromatic heterocycles. The Balaban J connectivity index is 1.65. The lowest BCUT2D eigenvalue weighted by atomic mass is 9.96. The number of carboxylic acids is 1. The Kier molecular flexibility index (Phi) is 8.55. The highest BCUT2D eigenvalue weighted by atomic mass is 19.4. The molecule has 4 rings (SSSR count). The highest BCUT2D eigenvalue weighted by molar-refractivity contribution is 5.96. The molecule has 0 radical (unpaired) electrons. The highest BCUT2D eigenvalue weighted by Crippen LogP contribution is 2.36. The molecule has 0 spiro atoms. The van der Waals surface area contributed by atoms with Crippen molar-refractivity contribution in [3.05, 3.63) is 89.1 Å². The molecule has 0 aliphatic carbocycles. The average molecular weight is 577 g/mol. The third-order valence-corrected chi connectivity index (χ3v) is 6.87. The number of nitrogens with zero attached hydrogens (tertiary/aromatic N) is 2. The zero-order valence-corrected chi connectivity index (χ0v) is 21.9. The van der Waals surface area contributed by atoms with E-state index in [1.807, 2.05) is 0 Å². The standard InChI is InChI=1S/C30H26F6N2O3/c1-18-15-23(30(34,35)36)10-11-24(18)21-9-12-25-22(16-21)17-37-38(25)26(13-14-29(31,32)33)19-5-7-20(8-6-19)27(39)3-2-4-28(40)41/h5-12,15-17,26H,2-4,13-14H2,1H3,(H,40,41). The van der Waals surface area contributed by atoms with Crippen molar-refractivity contribution in [1.29, 1.82) is 0 Å². The lowest BCUT2D eigenvalue weighted by molar-refractivity contribution is -0.138. The summed E-state index contributed by atoms with van der Waals surface area (Å²) in [6.45, 7) is 1.58. The predicted molar refractivity (Wildman–Crippen MR) is 141 cm³/mol. The SMILES string of the molecule is Cc1cc(C(F)(F)F)ccc1-c1ccc2c(cnn2C(CCC(F)(F)F)c2ccc(C(=O)CCCC(=O)O)cc2)c1. The second-order valence-electron chi connectivity index (χ2n) is 9.85. The van der Waals surface area contributed by atoms with E-state index < -0.39 is 36.3 Å². The fourth-order valence-electron chi connectivity index (χ4n) is 4.80. The predicted octanol–water partition coefficient (Wildman–Crippen LogP) is 8.40. The Morgan fingerprint density at radius 2 is 1.63 bits per heavy atom. The largest absolute Gasteiger partial charge is 0.481 e. The minimum atomic E-state index is -4.47. The van der Waals surface area contributed by atoms with Gasteiger partial charge in [-0.25, -0.2) is 0 Å². The minimum absolute atomic E-state index is 0.0354. The second-order valence-corrected chi connectivity index (χ2v) is 9.85. The van der Waals surface area contributed by atoms with Crippen molar-refractivity contribution < 1.29 is 41.0 Å². The molecule has 4 aromatic rings. The topological polar surface area (TPSA) is 72.2 Å². The molecule has 0 saturated carbocycles. The van der Waals surface area contributed by atoms with Crippen LogP contribution >= 0.6 is 0 Å². The van der Waals surface area contributed by atoms with Crippen LogP contribution in [-0.2, 0) is 11.0 Å². The molecule has 3 aromatic carbocycles. The molecule has 0 saturated heterocycles. The molecule has 41 heavy (non-hydrogen) atoms. The van der Waals surface area contributed by atoms with Gasteiger partial charge in [-0.1, -0.05) is 36.4 Å². The zero-order valence-electron chi connectivity index (χ0n) is 21.9. The fourth-order valence-corrected chi connectivity index (χ4v) is 4.80. The molecule has 5 nitrogen and oxygen atoms in total. The number of halogens is 6. The number of fused-ring (bicyclic) bond motifs is 1.